The summed E-state index contributed by atoms with van der Waals surface area (Å²) >= 11 is 1.38. The Hall–Kier alpha value is -1.88. The van der Waals surface area contributed by atoms with Gasteiger partial charge in [0.05, 0.1) is 0 Å². The lowest BCUT2D eigenvalue weighted by molar-refractivity contribution is 0.101. The maximum Gasteiger partial charge on any atom is 0.251 e. The number of nitrogens with one attached hydrogen (secondary N) is 1. The quantitative estimate of drug-likeness (QED) is 0.678. The van der Waals surface area contributed by atoms with Crippen molar-refractivity contribution in [2.24, 2.45) is 0 Å². The molecule has 0 radical (unpaired) electrons. The molecule has 0 atom stereocenters. The van der Waals surface area contributed by atoms with Crippen molar-refractivity contribution in [3.05, 3.63) is 51.9 Å². The monoisotopic (exact) mass is 288 g/mol. The number of benzene rings is 1. The van der Waals surface area contributed by atoms with Gasteiger partial charge in [-0.25, -0.2) is 4.98 Å². The van der Waals surface area contributed by atoms with Gasteiger partial charge in [-0.2, -0.15) is 0 Å². The van der Waals surface area contributed by atoms with Gasteiger partial charge in [-0.15, -0.1) is 0 Å². The van der Waals surface area contributed by atoms with E-state index in [1.807, 2.05) is 12.1 Å². The second-order valence-corrected chi connectivity index (χ2v) is 5.54. The predicted molar refractivity (Wildman–Crippen MR) is 79.4 cm³/mol. The number of aromatic amines is 1. The van der Waals surface area contributed by atoms with E-state index in [4.69, 9.17) is 0 Å². The van der Waals surface area contributed by atoms with Crippen molar-refractivity contribution in [2.75, 3.05) is 0 Å². The molecule has 104 valence electrons. The molecular formula is C15H16N2O2S. The van der Waals surface area contributed by atoms with Crippen LogP contribution < -0.4 is 5.56 Å². The van der Waals surface area contributed by atoms with Gasteiger partial charge in [0.15, 0.2) is 10.9 Å². The van der Waals surface area contributed by atoms with E-state index in [0.717, 1.165) is 23.4 Å². The Morgan fingerprint density at radius 1 is 1.30 bits per heavy atom. The highest BCUT2D eigenvalue weighted by Gasteiger charge is 2.04. The molecule has 0 aliphatic carbocycles. The third-order valence-corrected chi connectivity index (χ3v) is 3.65. The van der Waals surface area contributed by atoms with E-state index in [9.17, 15) is 9.59 Å². The summed E-state index contributed by atoms with van der Waals surface area (Å²) in [5.41, 5.74) is 1.35. The fourth-order valence-electron chi connectivity index (χ4n) is 1.79. The fourth-order valence-corrected chi connectivity index (χ4v) is 2.60. The highest BCUT2D eigenvalue weighted by atomic mass is 32.2. The summed E-state index contributed by atoms with van der Waals surface area (Å²) in [6.45, 7) is 3.59. The van der Waals surface area contributed by atoms with Crippen molar-refractivity contribution < 1.29 is 4.79 Å². The average Bonchev–Trinajstić information content (AvgIpc) is 2.39. The highest BCUT2D eigenvalue weighted by molar-refractivity contribution is 7.99. The van der Waals surface area contributed by atoms with Crippen LogP contribution in [0.1, 0.15) is 36.3 Å². The van der Waals surface area contributed by atoms with Crippen LogP contribution in [-0.4, -0.2) is 15.8 Å². The summed E-state index contributed by atoms with van der Waals surface area (Å²) in [5, 5.41) is 0.580. The first-order chi connectivity index (χ1) is 9.58. The third kappa shape index (κ3) is 3.81. The number of nitrogens with zero attached hydrogens (tertiary/aromatic N) is 1. The van der Waals surface area contributed by atoms with Gasteiger partial charge in [-0.3, -0.25) is 9.59 Å². The van der Waals surface area contributed by atoms with Gasteiger partial charge in [0.25, 0.3) is 5.56 Å². The van der Waals surface area contributed by atoms with Crippen LogP contribution in [0.5, 0.6) is 0 Å². The summed E-state index contributed by atoms with van der Waals surface area (Å²) in [4.78, 5) is 30.9. The Morgan fingerprint density at radius 3 is 2.60 bits per heavy atom. The van der Waals surface area contributed by atoms with Crippen LogP contribution in [0.4, 0.5) is 0 Å². The molecule has 1 aromatic carbocycles. The van der Waals surface area contributed by atoms with Crippen LogP contribution in [-0.2, 0) is 6.42 Å². The molecule has 4 nitrogen and oxygen atoms in total. The molecule has 20 heavy (non-hydrogen) atoms. The molecule has 0 spiro atoms. The number of hydrogen-bond acceptors (Lipinski definition) is 4. The van der Waals surface area contributed by atoms with Gasteiger partial charge in [0.2, 0.25) is 0 Å². The Kier molecular flexibility index (Phi) is 4.74. The number of hydrogen-bond donors (Lipinski definition) is 1. The standard InChI is InChI=1S/C15H16N2O2S/c1-3-4-12-9-14(19)17-15(16-12)20-13-7-5-11(6-8-13)10(2)18/h5-9H,3-4H2,1-2H3,(H,16,17,19). The van der Waals surface area contributed by atoms with Crippen molar-refractivity contribution in [1.29, 1.82) is 0 Å². The molecule has 5 heteroatoms. The molecule has 0 saturated heterocycles. The molecule has 1 aromatic heterocycles. The van der Waals surface area contributed by atoms with Gasteiger partial charge in [0, 0.05) is 22.2 Å². The first-order valence-electron chi connectivity index (χ1n) is 6.47. The molecule has 0 unspecified atom stereocenters. The van der Waals surface area contributed by atoms with Gasteiger partial charge in [-0.1, -0.05) is 37.2 Å². The number of rotatable bonds is 5. The van der Waals surface area contributed by atoms with Gasteiger partial charge in [-0.05, 0) is 25.5 Å². The van der Waals surface area contributed by atoms with Gasteiger partial charge < -0.3 is 4.98 Å². The minimum Gasteiger partial charge on any atom is -0.301 e. The number of carbonyl (C=O) groups is 1. The van der Waals surface area contributed by atoms with E-state index in [1.54, 1.807) is 12.1 Å². The average molecular weight is 288 g/mol. The van der Waals surface area contributed by atoms with Gasteiger partial charge in [0.1, 0.15) is 0 Å². The minimum atomic E-state index is -0.133. The summed E-state index contributed by atoms with van der Waals surface area (Å²) in [5.74, 6) is 0.0398. The largest absolute Gasteiger partial charge is 0.301 e. The number of H-pyrrole nitrogens is 1. The zero-order valence-corrected chi connectivity index (χ0v) is 12.3. The first-order valence-corrected chi connectivity index (χ1v) is 7.29. The Morgan fingerprint density at radius 2 is 2.00 bits per heavy atom. The van der Waals surface area contributed by atoms with Crippen LogP contribution in [0.15, 0.2) is 45.2 Å². The summed E-state index contributed by atoms with van der Waals surface area (Å²) in [6, 6.07) is 8.80. The summed E-state index contributed by atoms with van der Waals surface area (Å²) in [6.07, 6.45) is 1.74. The van der Waals surface area contributed by atoms with Crippen molar-refractivity contribution in [3.63, 3.8) is 0 Å². The minimum absolute atomic E-state index is 0.0398. The maximum atomic E-state index is 11.6. The lowest BCUT2D eigenvalue weighted by Crippen LogP contribution is -2.09. The Balaban J connectivity index is 2.20. The van der Waals surface area contributed by atoms with Crippen LogP contribution in [0.25, 0.3) is 0 Å². The lowest BCUT2D eigenvalue weighted by Gasteiger charge is -2.04. The van der Waals surface area contributed by atoms with Crippen LogP contribution in [0.3, 0.4) is 0 Å². The molecule has 0 aliphatic rings. The molecule has 1 heterocycles. The molecule has 2 aromatic rings. The zero-order valence-electron chi connectivity index (χ0n) is 11.5. The SMILES string of the molecule is CCCc1cc(=O)[nH]c(Sc2ccc(C(C)=O)cc2)n1. The van der Waals surface area contributed by atoms with Crippen molar-refractivity contribution in [1.82, 2.24) is 9.97 Å². The number of carbonyl (C=O) groups excluding carboxylic acids is 1. The molecule has 0 bridgehead atoms. The van der Waals surface area contributed by atoms with E-state index in [2.05, 4.69) is 16.9 Å². The first kappa shape index (κ1) is 14.5. The van der Waals surface area contributed by atoms with Crippen LogP contribution >= 0.6 is 11.8 Å². The second kappa shape index (κ2) is 6.52. The molecule has 2 rings (SSSR count). The van der Waals surface area contributed by atoms with Crippen LogP contribution in [0, 0.1) is 0 Å². The Labute approximate surface area is 121 Å². The van der Waals surface area contributed by atoms with E-state index in [0.29, 0.717) is 10.7 Å². The van der Waals surface area contributed by atoms with E-state index in [-0.39, 0.29) is 11.3 Å². The summed E-state index contributed by atoms with van der Waals surface area (Å²) in [7, 11) is 0. The molecule has 0 fully saturated rings. The smallest absolute Gasteiger partial charge is 0.251 e. The number of ketones is 1. The lowest BCUT2D eigenvalue weighted by atomic mass is 10.2. The summed E-state index contributed by atoms with van der Waals surface area (Å²) < 4.78 is 0. The second-order valence-electron chi connectivity index (χ2n) is 4.47. The number of aromatic nitrogens is 2. The molecule has 0 amide bonds. The number of aryl methyl sites for hydroxylation is 1. The van der Waals surface area contributed by atoms with Crippen molar-refractivity contribution in [2.45, 2.75) is 36.7 Å². The Bertz CT molecular complexity index is 662. The zero-order chi connectivity index (χ0) is 14.5. The third-order valence-electron chi connectivity index (χ3n) is 2.75. The highest BCUT2D eigenvalue weighted by Crippen LogP contribution is 2.24. The maximum absolute atomic E-state index is 11.6. The molecule has 0 saturated carbocycles. The van der Waals surface area contributed by atoms with E-state index < -0.39 is 0 Å². The van der Waals surface area contributed by atoms with E-state index in [1.165, 1.54) is 24.8 Å². The van der Waals surface area contributed by atoms with Crippen molar-refractivity contribution >= 4 is 17.5 Å². The fraction of sp³-hybridized carbons (Fsp3) is 0.267. The molecule has 0 aliphatic heterocycles. The molecule has 1 N–H and O–H groups in total. The van der Waals surface area contributed by atoms with E-state index >= 15 is 0 Å². The normalized spacial score (nSPS) is 10.5. The van der Waals surface area contributed by atoms with Crippen LogP contribution in [0.2, 0.25) is 0 Å². The van der Waals surface area contributed by atoms with Crippen molar-refractivity contribution in [3.8, 4) is 0 Å². The number of Topliss-reactive ketones (excluding diaryl/α,β-unsaturated/α-hetero) is 1. The topological polar surface area (TPSA) is 62.8 Å². The molecular weight excluding hydrogens is 272 g/mol. The van der Waals surface area contributed by atoms with Gasteiger partial charge >= 0.3 is 0 Å². The predicted octanol–water partition coefficient (Wildman–Crippen LogP) is 3.08.